The van der Waals surface area contributed by atoms with Crippen LogP contribution in [0.1, 0.15) is 59.3 Å². The molecule has 5 nitrogen and oxygen atoms in total. The van der Waals surface area contributed by atoms with Gasteiger partial charge < -0.3 is 19.8 Å². The van der Waals surface area contributed by atoms with E-state index in [1.165, 1.54) is 12.8 Å². The summed E-state index contributed by atoms with van der Waals surface area (Å²) in [7, 11) is 1.75. The van der Waals surface area contributed by atoms with Crippen LogP contribution in [-0.4, -0.2) is 17.8 Å². The maximum Gasteiger partial charge on any atom is 0.297 e. The Bertz CT molecular complexity index is 798. The lowest BCUT2D eigenvalue weighted by atomic mass is 10.1. The topological polar surface area (TPSA) is 66.5 Å². The van der Waals surface area contributed by atoms with Crippen LogP contribution in [0.2, 0.25) is 0 Å². The Balaban J connectivity index is 2.37. The molecule has 1 unspecified atom stereocenters. The Kier molecular flexibility index (Phi) is 8.01. The van der Waals surface area contributed by atoms with Crippen LogP contribution < -0.4 is 20.8 Å². The summed E-state index contributed by atoms with van der Waals surface area (Å²) >= 11 is 0. The molecule has 1 heterocycles. The molecule has 0 aliphatic heterocycles. The molecule has 27 heavy (non-hydrogen) atoms. The number of aryl methyl sites for hydroxylation is 1. The number of hydrogen-bond acceptors (Lipinski definition) is 4. The minimum Gasteiger partial charge on any atom is -0.489 e. The number of ether oxygens (including phenoxy) is 2. The van der Waals surface area contributed by atoms with Crippen LogP contribution in [0.5, 0.6) is 11.5 Å². The zero-order chi connectivity index (χ0) is 19.8. The third-order valence-corrected chi connectivity index (χ3v) is 4.87. The van der Waals surface area contributed by atoms with Gasteiger partial charge >= 0.3 is 0 Å². The number of benzene rings is 1. The van der Waals surface area contributed by atoms with Crippen molar-refractivity contribution in [1.82, 2.24) is 4.57 Å². The smallest absolute Gasteiger partial charge is 0.297 e. The zero-order valence-corrected chi connectivity index (χ0v) is 17.2. The van der Waals surface area contributed by atoms with Crippen LogP contribution in [0.25, 0.3) is 10.9 Å². The normalized spacial score (nSPS) is 12.3. The highest BCUT2D eigenvalue weighted by atomic mass is 16.5. The highest BCUT2D eigenvalue weighted by Gasteiger charge is 2.19. The molecule has 0 fully saturated rings. The summed E-state index contributed by atoms with van der Waals surface area (Å²) in [4.78, 5) is 12.9. The maximum absolute atomic E-state index is 12.9. The molecule has 1 atom stereocenters. The van der Waals surface area contributed by atoms with Crippen LogP contribution in [0.3, 0.4) is 0 Å². The molecule has 1 aromatic carbocycles. The van der Waals surface area contributed by atoms with E-state index < -0.39 is 0 Å². The SMILES string of the molecule is CCCCCCOc1c(OCC(C)CCC)c(=O)n(C)c2cc(N)ccc12. The predicted octanol–water partition coefficient (Wildman–Crippen LogP) is 4.89. The van der Waals surface area contributed by atoms with Crippen molar-refractivity contribution >= 4 is 16.6 Å². The zero-order valence-electron chi connectivity index (χ0n) is 17.2. The molecule has 0 saturated carbocycles. The Morgan fingerprint density at radius 3 is 2.56 bits per heavy atom. The minimum absolute atomic E-state index is 0.180. The first-order valence-corrected chi connectivity index (χ1v) is 10.2. The maximum atomic E-state index is 12.9. The number of aromatic nitrogens is 1. The molecule has 1 aromatic heterocycles. The summed E-state index contributed by atoms with van der Waals surface area (Å²) in [5, 5.41) is 0.861. The monoisotopic (exact) mass is 374 g/mol. The van der Waals surface area contributed by atoms with Gasteiger partial charge in [0.2, 0.25) is 5.75 Å². The van der Waals surface area contributed by atoms with Crippen molar-refractivity contribution in [2.45, 2.75) is 59.3 Å². The number of rotatable bonds is 11. The first-order valence-electron chi connectivity index (χ1n) is 10.2. The van der Waals surface area contributed by atoms with Crippen molar-refractivity contribution in [2.75, 3.05) is 18.9 Å². The van der Waals surface area contributed by atoms with E-state index in [0.717, 1.165) is 36.6 Å². The van der Waals surface area contributed by atoms with E-state index in [1.807, 2.05) is 18.2 Å². The number of pyridine rings is 1. The largest absolute Gasteiger partial charge is 0.489 e. The van der Waals surface area contributed by atoms with Crippen molar-refractivity contribution < 1.29 is 9.47 Å². The average Bonchev–Trinajstić information content (AvgIpc) is 2.65. The molecule has 0 aliphatic rings. The molecule has 2 N–H and O–H groups in total. The molecule has 0 saturated heterocycles. The van der Waals surface area contributed by atoms with Gasteiger partial charge in [-0.1, -0.05) is 46.5 Å². The van der Waals surface area contributed by atoms with E-state index >= 15 is 0 Å². The van der Waals surface area contributed by atoms with Crippen LogP contribution in [0.15, 0.2) is 23.0 Å². The number of nitrogens with two attached hydrogens (primary N) is 1. The lowest BCUT2D eigenvalue weighted by Gasteiger charge is -2.19. The van der Waals surface area contributed by atoms with Gasteiger partial charge in [-0.15, -0.1) is 0 Å². The molecule has 0 spiro atoms. The number of nitrogen functional groups attached to an aromatic ring is 1. The highest BCUT2D eigenvalue weighted by Crippen LogP contribution is 2.34. The third-order valence-electron chi connectivity index (χ3n) is 4.87. The summed E-state index contributed by atoms with van der Waals surface area (Å²) in [6.45, 7) is 7.56. The van der Waals surface area contributed by atoms with Gasteiger partial charge in [0.1, 0.15) is 0 Å². The lowest BCUT2D eigenvalue weighted by molar-refractivity contribution is 0.226. The lowest BCUT2D eigenvalue weighted by Crippen LogP contribution is -2.23. The van der Waals surface area contributed by atoms with E-state index in [4.69, 9.17) is 15.2 Å². The van der Waals surface area contributed by atoms with Crippen molar-refractivity contribution in [3.05, 3.63) is 28.6 Å². The fourth-order valence-corrected chi connectivity index (χ4v) is 3.27. The van der Waals surface area contributed by atoms with Crippen LogP contribution >= 0.6 is 0 Å². The molecule has 2 rings (SSSR count). The number of unbranched alkanes of at least 4 members (excludes halogenated alkanes) is 3. The Morgan fingerprint density at radius 1 is 1.07 bits per heavy atom. The van der Waals surface area contributed by atoms with Crippen molar-refractivity contribution in [3.63, 3.8) is 0 Å². The van der Waals surface area contributed by atoms with Gasteiger partial charge in [-0.05, 0) is 37.0 Å². The average molecular weight is 375 g/mol. The van der Waals surface area contributed by atoms with E-state index in [2.05, 4.69) is 20.8 Å². The number of nitrogens with zero attached hydrogens (tertiary/aromatic N) is 1. The van der Waals surface area contributed by atoms with E-state index in [-0.39, 0.29) is 5.56 Å². The van der Waals surface area contributed by atoms with Gasteiger partial charge in [0.05, 0.1) is 18.7 Å². The number of fused-ring (bicyclic) bond motifs is 1. The second-order valence-corrected chi connectivity index (χ2v) is 7.41. The molecule has 0 amide bonds. The Hall–Kier alpha value is -2.17. The van der Waals surface area contributed by atoms with Gasteiger partial charge in [-0.25, -0.2) is 0 Å². The van der Waals surface area contributed by atoms with E-state index in [9.17, 15) is 4.79 Å². The van der Waals surface area contributed by atoms with Gasteiger partial charge in [0, 0.05) is 18.1 Å². The first kappa shape index (κ1) is 21.1. The third kappa shape index (κ3) is 5.41. The molecular weight excluding hydrogens is 340 g/mol. The fraction of sp³-hybridized carbons (Fsp3) is 0.591. The number of hydrogen-bond donors (Lipinski definition) is 1. The van der Waals surface area contributed by atoms with Gasteiger partial charge in [-0.3, -0.25) is 4.79 Å². The van der Waals surface area contributed by atoms with Gasteiger partial charge in [0.15, 0.2) is 5.75 Å². The second-order valence-electron chi connectivity index (χ2n) is 7.41. The Morgan fingerprint density at radius 2 is 1.85 bits per heavy atom. The molecule has 150 valence electrons. The fourth-order valence-electron chi connectivity index (χ4n) is 3.27. The van der Waals surface area contributed by atoms with Gasteiger partial charge in [-0.2, -0.15) is 0 Å². The molecule has 2 aromatic rings. The van der Waals surface area contributed by atoms with E-state index in [0.29, 0.717) is 36.3 Å². The quantitative estimate of drug-likeness (QED) is 0.449. The summed E-state index contributed by atoms with van der Waals surface area (Å²) in [6, 6.07) is 5.55. The molecule has 5 heteroatoms. The van der Waals surface area contributed by atoms with Crippen molar-refractivity contribution in [2.24, 2.45) is 13.0 Å². The second kappa shape index (κ2) is 10.2. The van der Waals surface area contributed by atoms with Gasteiger partial charge in [0.25, 0.3) is 5.56 Å². The first-order chi connectivity index (χ1) is 13.0. The predicted molar refractivity (Wildman–Crippen MR) is 113 cm³/mol. The van der Waals surface area contributed by atoms with Crippen LogP contribution in [-0.2, 0) is 7.05 Å². The summed E-state index contributed by atoms with van der Waals surface area (Å²) in [6.07, 6.45) is 6.62. The highest BCUT2D eigenvalue weighted by molar-refractivity contribution is 5.90. The molecule has 0 bridgehead atoms. The summed E-state index contributed by atoms with van der Waals surface area (Å²) in [5.41, 5.74) is 7.13. The standard InChI is InChI=1S/C22H34N2O3/c1-5-7-8-9-13-26-20-18-12-11-17(23)14-19(18)24(4)22(25)21(20)27-15-16(3)10-6-2/h11-12,14,16H,5-10,13,15,23H2,1-4H3. The summed E-state index contributed by atoms with van der Waals surface area (Å²) < 4.78 is 13.7. The molecule has 0 aliphatic carbocycles. The van der Waals surface area contributed by atoms with E-state index in [1.54, 1.807) is 11.6 Å². The van der Waals surface area contributed by atoms with Crippen molar-refractivity contribution in [3.8, 4) is 11.5 Å². The molecular formula is C22H34N2O3. The minimum atomic E-state index is -0.180. The number of anilines is 1. The molecule has 0 radical (unpaired) electrons. The van der Waals surface area contributed by atoms with Crippen LogP contribution in [0.4, 0.5) is 5.69 Å². The van der Waals surface area contributed by atoms with Crippen molar-refractivity contribution in [1.29, 1.82) is 0 Å². The Labute approximate surface area is 162 Å². The van der Waals surface area contributed by atoms with Crippen LogP contribution in [0, 0.1) is 5.92 Å². The summed E-state index contributed by atoms with van der Waals surface area (Å²) in [5.74, 6) is 1.25.